The Morgan fingerprint density at radius 1 is 1.06 bits per heavy atom. The maximum atomic E-state index is 12.9. The summed E-state index contributed by atoms with van der Waals surface area (Å²) in [5.74, 6) is 0.802. The highest BCUT2D eigenvalue weighted by Crippen LogP contribution is 2.30. The minimum absolute atomic E-state index is 0.153. The fourth-order valence-corrected chi connectivity index (χ4v) is 4.58. The average Bonchev–Trinajstić information content (AvgIpc) is 3.43. The van der Waals surface area contributed by atoms with Gasteiger partial charge in [-0.1, -0.05) is 18.2 Å². The summed E-state index contributed by atoms with van der Waals surface area (Å²) >= 11 is 0. The minimum Gasteiger partial charge on any atom is -0.464 e. The number of nitrogens with one attached hydrogen (secondary N) is 2. The van der Waals surface area contributed by atoms with E-state index in [2.05, 4.69) is 20.8 Å². The molecule has 4 aromatic rings. The molecule has 0 bridgehead atoms. The molecule has 3 heterocycles. The molecule has 1 aliphatic carbocycles. The lowest BCUT2D eigenvalue weighted by Crippen LogP contribution is -2.23. The predicted molar refractivity (Wildman–Crippen MR) is 137 cm³/mol. The van der Waals surface area contributed by atoms with Gasteiger partial charge in [0.2, 0.25) is 5.91 Å². The van der Waals surface area contributed by atoms with Gasteiger partial charge in [0.1, 0.15) is 17.2 Å². The molecule has 3 aromatic heterocycles. The first-order chi connectivity index (χ1) is 17.3. The van der Waals surface area contributed by atoms with E-state index in [0.717, 1.165) is 45.2 Å². The molecule has 0 fully saturated rings. The Morgan fingerprint density at radius 2 is 1.89 bits per heavy atom. The third-order valence-corrected chi connectivity index (χ3v) is 6.69. The van der Waals surface area contributed by atoms with Gasteiger partial charge in [0.15, 0.2) is 5.76 Å². The van der Waals surface area contributed by atoms with E-state index >= 15 is 0 Å². The Labute approximate surface area is 208 Å². The third-order valence-electron chi connectivity index (χ3n) is 6.69. The number of hydrogen-bond donors (Lipinski definition) is 2. The highest BCUT2D eigenvalue weighted by atomic mass is 16.4. The molecule has 0 atom stereocenters. The summed E-state index contributed by atoms with van der Waals surface area (Å²) in [6.45, 7) is 7.81. The summed E-state index contributed by atoms with van der Waals surface area (Å²) < 4.78 is 11.7. The molecule has 2 N–H and O–H groups in total. The summed E-state index contributed by atoms with van der Waals surface area (Å²) in [5.41, 5.74) is 9.74. The molecule has 0 aliphatic heterocycles. The molecule has 1 aromatic carbocycles. The fraction of sp³-hybridized carbons (Fsp3) is 0.286. The van der Waals surface area contributed by atoms with Crippen LogP contribution in [0, 0.1) is 27.7 Å². The number of amides is 2. The molecule has 5 rings (SSSR count). The van der Waals surface area contributed by atoms with E-state index in [1.807, 2.05) is 45.9 Å². The van der Waals surface area contributed by atoms with Crippen LogP contribution in [0.25, 0.3) is 11.0 Å². The van der Waals surface area contributed by atoms with Gasteiger partial charge in [-0.15, -0.1) is 0 Å². The second-order valence-electron chi connectivity index (χ2n) is 9.30. The van der Waals surface area contributed by atoms with E-state index < -0.39 is 0 Å². The van der Waals surface area contributed by atoms with Crippen molar-refractivity contribution in [2.45, 2.75) is 53.4 Å². The molecule has 8 heteroatoms. The van der Waals surface area contributed by atoms with Crippen molar-refractivity contribution >= 4 is 34.3 Å². The fourth-order valence-electron chi connectivity index (χ4n) is 4.58. The summed E-state index contributed by atoms with van der Waals surface area (Å²) in [5, 5.41) is 8.15. The Bertz CT molecular complexity index is 1510. The number of rotatable bonds is 5. The van der Waals surface area contributed by atoms with Gasteiger partial charge in [-0.3, -0.25) is 9.59 Å². The van der Waals surface area contributed by atoms with Crippen molar-refractivity contribution in [3.63, 3.8) is 0 Å². The standard InChI is InChI=1S/C28H28N4O4/c1-15-8-11-23(29-13-15)30-28(34)27-18(4)25-21(6-5-7-22(25)36-27)31-32-24(33)12-19-14-35-26-17(3)16(2)9-10-20(19)26/h8-11,13-14H,5-7,12H2,1-4H3,(H,32,33)(H,29,30,34)/b31-21+. The van der Waals surface area contributed by atoms with Crippen LogP contribution >= 0.6 is 0 Å². The second kappa shape index (κ2) is 9.45. The van der Waals surface area contributed by atoms with Crippen LogP contribution in [0.5, 0.6) is 0 Å². The number of hydrogen-bond acceptors (Lipinski definition) is 6. The Balaban J connectivity index is 1.33. The van der Waals surface area contributed by atoms with E-state index in [0.29, 0.717) is 35.7 Å². The summed E-state index contributed by atoms with van der Waals surface area (Å²) in [7, 11) is 0. The van der Waals surface area contributed by atoms with Crippen LogP contribution in [0.15, 0.2) is 50.7 Å². The maximum absolute atomic E-state index is 12.9. The lowest BCUT2D eigenvalue weighted by molar-refractivity contribution is -0.120. The van der Waals surface area contributed by atoms with Crippen LogP contribution in [-0.4, -0.2) is 22.5 Å². The van der Waals surface area contributed by atoms with Crippen LogP contribution < -0.4 is 10.7 Å². The van der Waals surface area contributed by atoms with Crippen LogP contribution in [0.2, 0.25) is 0 Å². The number of furan rings is 2. The molecule has 0 radical (unpaired) electrons. The lowest BCUT2D eigenvalue weighted by Gasteiger charge is -2.13. The molecule has 0 spiro atoms. The van der Waals surface area contributed by atoms with Gasteiger partial charge in [-0.25, -0.2) is 10.4 Å². The largest absolute Gasteiger partial charge is 0.464 e. The smallest absolute Gasteiger partial charge is 0.292 e. The Kier molecular flexibility index (Phi) is 6.18. The lowest BCUT2D eigenvalue weighted by atomic mass is 9.93. The number of fused-ring (bicyclic) bond motifs is 2. The first kappa shape index (κ1) is 23.5. The van der Waals surface area contributed by atoms with Crippen molar-refractivity contribution in [3.8, 4) is 0 Å². The zero-order valence-corrected chi connectivity index (χ0v) is 20.8. The number of carbonyl (C=O) groups is 2. The minimum atomic E-state index is -0.362. The molecule has 0 saturated carbocycles. The zero-order chi connectivity index (χ0) is 25.4. The molecule has 36 heavy (non-hydrogen) atoms. The monoisotopic (exact) mass is 484 g/mol. The first-order valence-electron chi connectivity index (χ1n) is 12.0. The van der Waals surface area contributed by atoms with Gasteiger partial charge in [0, 0.05) is 34.7 Å². The molecular formula is C28H28N4O4. The van der Waals surface area contributed by atoms with E-state index in [9.17, 15) is 9.59 Å². The average molecular weight is 485 g/mol. The summed E-state index contributed by atoms with van der Waals surface area (Å²) in [6.07, 6.45) is 5.69. The van der Waals surface area contributed by atoms with Crippen molar-refractivity contribution in [2.75, 3.05) is 5.32 Å². The second-order valence-corrected chi connectivity index (χ2v) is 9.30. The number of hydrazone groups is 1. The zero-order valence-electron chi connectivity index (χ0n) is 20.8. The highest BCUT2D eigenvalue weighted by molar-refractivity contribution is 6.09. The van der Waals surface area contributed by atoms with Gasteiger partial charge < -0.3 is 14.2 Å². The van der Waals surface area contributed by atoms with Gasteiger partial charge in [0.25, 0.3) is 5.91 Å². The number of pyridine rings is 1. The van der Waals surface area contributed by atoms with Crippen molar-refractivity contribution < 1.29 is 18.4 Å². The molecule has 8 nitrogen and oxygen atoms in total. The van der Waals surface area contributed by atoms with E-state index in [1.165, 1.54) is 0 Å². The molecule has 0 unspecified atom stereocenters. The third kappa shape index (κ3) is 4.42. The SMILES string of the molecule is Cc1ccc(NC(=O)c2oc3c(c2C)/C(=N/NC(=O)Cc2coc4c(C)c(C)ccc24)CCC3)nc1. The first-order valence-corrected chi connectivity index (χ1v) is 12.0. The number of benzene rings is 1. The maximum Gasteiger partial charge on any atom is 0.292 e. The number of nitrogens with zero attached hydrogens (tertiary/aromatic N) is 2. The van der Waals surface area contributed by atoms with Crippen molar-refractivity contribution in [2.24, 2.45) is 5.10 Å². The van der Waals surface area contributed by atoms with Crippen LogP contribution in [0.3, 0.4) is 0 Å². The van der Waals surface area contributed by atoms with Gasteiger partial charge in [0.05, 0.1) is 18.4 Å². The van der Waals surface area contributed by atoms with Crippen LogP contribution in [-0.2, 0) is 17.6 Å². The normalized spacial score (nSPS) is 14.2. The molecule has 184 valence electrons. The molecule has 2 amide bonds. The highest BCUT2D eigenvalue weighted by Gasteiger charge is 2.28. The van der Waals surface area contributed by atoms with Gasteiger partial charge in [-0.05, 0) is 63.3 Å². The molecule has 0 saturated heterocycles. The number of anilines is 1. The Hall–Kier alpha value is -4.20. The van der Waals surface area contributed by atoms with Crippen molar-refractivity contribution in [3.05, 3.63) is 81.6 Å². The summed E-state index contributed by atoms with van der Waals surface area (Å²) in [6, 6.07) is 7.64. The van der Waals surface area contributed by atoms with Gasteiger partial charge in [-0.2, -0.15) is 5.10 Å². The topological polar surface area (TPSA) is 110 Å². The Morgan fingerprint density at radius 3 is 2.67 bits per heavy atom. The van der Waals surface area contributed by atoms with E-state index in [-0.39, 0.29) is 24.0 Å². The van der Waals surface area contributed by atoms with Crippen molar-refractivity contribution in [1.82, 2.24) is 10.4 Å². The molecule has 1 aliphatic rings. The van der Waals surface area contributed by atoms with Crippen LogP contribution in [0.4, 0.5) is 5.82 Å². The van der Waals surface area contributed by atoms with E-state index in [4.69, 9.17) is 8.83 Å². The van der Waals surface area contributed by atoms with Crippen LogP contribution in [0.1, 0.15) is 62.5 Å². The number of aryl methyl sites for hydroxylation is 4. The number of carbonyl (C=O) groups excluding carboxylic acids is 2. The quantitative estimate of drug-likeness (QED) is 0.373. The molecular weight excluding hydrogens is 456 g/mol. The predicted octanol–water partition coefficient (Wildman–Crippen LogP) is 5.31. The van der Waals surface area contributed by atoms with E-state index in [1.54, 1.807) is 18.5 Å². The van der Waals surface area contributed by atoms with Gasteiger partial charge >= 0.3 is 0 Å². The summed E-state index contributed by atoms with van der Waals surface area (Å²) in [4.78, 5) is 29.8. The number of aromatic nitrogens is 1. The van der Waals surface area contributed by atoms with Crippen molar-refractivity contribution in [1.29, 1.82) is 0 Å².